The van der Waals surface area contributed by atoms with E-state index in [0.717, 1.165) is 17.5 Å². The van der Waals surface area contributed by atoms with Crippen LogP contribution < -0.4 is 19.1 Å². The van der Waals surface area contributed by atoms with Gasteiger partial charge in [-0.3, -0.25) is 14.5 Å². The Morgan fingerprint density at radius 2 is 1.66 bits per heavy atom. The molecule has 1 unspecified atom stereocenters. The van der Waals surface area contributed by atoms with Crippen LogP contribution in [0.1, 0.15) is 43.5 Å². The highest BCUT2D eigenvalue weighted by Crippen LogP contribution is 2.44. The van der Waals surface area contributed by atoms with E-state index in [1.54, 1.807) is 42.5 Å². The van der Waals surface area contributed by atoms with Crippen LogP contribution in [-0.2, 0) is 16.0 Å². The predicted molar refractivity (Wildman–Crippen MR) is 145 cm³/mol. The summed E-state index contributed by atoms with van der Waals surface area (Å²) < 4.78 is 17.1. The Kier molecular flexibility index (Phi) is 7.09. The van der Waals surface area contributed by atoms with Gasteiger partial charge in [-0.25, -0.2) is 0 Å². The largest absolute Gasteiger partial charge is 0.507 e. The summed E-state index contributed by atoms with van der Waals surface area (Å²) in [7, 11) is 0. The number of benzene rings is 3. The Morgan fingerprint density at radius 3 is 2.32 bits per heavy atom. The van der Waals surface area contributed by atoms with E-state index in [1.165, 1.54) is 4.90 Å². The molecule has 0 bridgehead atoms. The normalized spacial score (nSPS) is 18.2. The first-order chi connectivity index (χ1) is 18.4. The van der Waals surface area contributed by atoms with E-state index in [2.05, 4.69) is 20.8 Å². The maximum atomic E-state index is 13.5. The lowest BCUT2D eigenvalue weighted by molar-refractivity contribution is -0.132. The molecule has 1 atom stereocenters. The molecule has 7 nitrogen and oxygen atoms in total. The number of aryl methyl sites for hydroxylation is 1. The molecule has 2 aliphatic rings. The highest BCUT2D eigenvalue weighted by Gasteiger charge is 2.47. The number of fused-ring (bicyclic) bond motifs is 1. The first kappa shape index (κ1) is 25.4. The van der Waals surface area contributed by atoms with Crippen LogP contribution in [0.15, 0.2) is 72.3 Å². The third kappa shape index (κ3) is 4.84. The van der Waals surface area contributed by atoms with Gasteiger partial charge in [0.15, 0.2) is 11.5 Å². The van der Waals surface area contributed by atoms with Gasteiger partial charge in [-0.2, -0.15) is 0 Å². The Hall–Kier alpha value is -4.26. The van der Waals surface area contributed by atoms with Crippen LogP contribution in [0.25, 0.3) is 5.76 Å². The zero-order chi connectivity index (χ0) is 26.8. The molecule has 0 aromatic heterocycles. The predicted octanol–water partition coefficient (Wildman–Crippen LogP) is 5.68. The minimum Gasteiger partial charge on any atom is -0.507 e. The second-order valence-electron chi connectivity index (χ2n) is 9.82. The van der Waals surface area contributed by atoms with Crippen LogP contribution in [0.3, 0.4) is 0 Å². The second-order valence-corrected chi connectivity index (χ2v) is 9.82. The van der Waals surface area contributed by atoms with Crippen molar-refractivity contribution < 1.29 is 28.9 Å². The maximum Gasteiger partial charge on any atom is 0.300 e. The van der Waals surface area contributed by atoms with Crippen LogP contribution in [0.4, 0.5) is 5.69 Å². The molecule has 1 N–H and O–H groups in total. The molecule has 2 heterocycles. The summed E-state index contributed by atoms with van der Waals surface area (Å²) in [6, 6.07) is 19.0. The Morgan fingerprint density at radius 1 is 0.974 bits per heavy atom. The Balaban J connectivity index is 1.60. The molecule has 2 aliphatic heterocycles. The van der Waals surface area contributed by atoms with Crippen molar-refractivity contribution in [3.8, 4) is 17.2 Å². The van der Waals surface area contributed by atoms with E-state index in [1.807, 2.05) is 24.3 Å². The lowest BCUT2D eigenvalue weighted by Gasteiger charge is -2.27. The Labute approximate surface area is 222 Å². The maximum absolute atomic E-state index is 13.5. The fraction of sp³-hybridized carbons (Fsp3) is 0.290. The number of carbonyl (C=O) groups excluding carboxylic acids is 2. The molecule has 3 aromatic rings. The molecular formula is C31H31NO6. The topological polar surface area (TPSA) is 85.3 Å². The van der Waals surface area contributed by atoms with Crippen LogP contribution >= 0.6 is 0 Å². The summed E-state index contributed by atoms with van der Waals surface area (Å²) in [6.07, 6.45) is 0.855. The van der Waals surface area contributed by atoms with E-state index in [0.29, 0.717) is 54.2 Å². The summed E-state index contributed by atoms with van der Waals surface area (Å²) >= 11 is 0. The van der Waals surface area contributed by atoms with Crippen molar-refractivity contribution in [2.75, 3.05) is 24.7 Å². The lowest BCUT2D eigenvalue weighted by atomic mass is 9.94. The van der Waals surface area contributed by atoms with Crippen molar-refractivity contribution in [2.24, 2.45) is 5.92 Å². The number of hydrogen-bond donors (Lipinski definition) is 1. The zero-order valence-electron chi connectivity index (χ0n) is 21.8. The summed E-state index contributed by atoms with van der Waals surface area (Å²) in [5.41, 5.74) is 2.79. The van der Waals surface area contributed by atoms with Crippen molar-refractivity contribution in [3.63, 3.8) is 0 Å². The standard InChI is InChI=1S/C31H31NO6/c1-4-20-5-7-21(8-6-20)28-27(29(33)22-9-12-24(13-10-22)38-18-19(2)3)30(34)31(35)32(28)23-11-14-25-26(17-23)37-16-15-36-25/h5-14,17,19,28,33H,4,15-16,18H2,1-3H3/b29-27+. The lowest BCUT2D eigenvalue weighted by Crippen LogP contribution is -2.29. The van der Waals surface area contributed by atoms with Gasteiger partial charge in [0.2, 0.25) is 0 Å². The van der Waals surface area contributed by atoms with Crippen molar-refractivity contribution in [3.05, 3.63) is 89.0 Å². The van der Waals surface area contributed by atoms with Gasteiger partial charge in [0.25, 0.3) is 11.7 Å². The van der Waals surface area contributed by atoms with Gasteiger partial charge in [0.1, 0.15) is 24.7 Å². The number of ketones is 1. The van der Waals surface area contributed by atoms with Gasteiger partial charge < -0.3 is 19.3 Å². The molecule has 0 spiro atoms. The quantitative estimate of drug-likeness (QED) is 0.249. The molecule has 1 saturated heterocycles. The minimum absolute atomic E-state index is 0.0324. The smallest absolute Gasteiger partial charge is 0.300 e. The van der Waals surface area contributed by atoms with E-state index in [9.17, 15) is 14.7 Å². The number of carbonyl (C=O) groups is 2. The molecule has 0 saturated carbocycles. The molecule has 5 rings (SSSR count). The molecule has 1 fully saturated rings. The van der Waals surface area contributed by atoms with Crippen LogP contribution in [-0.4, -0.2) is 36.6 Å². The number of amides is 1. The van der Waals surface area contributed by atoms with Crippen LogP contribution in [0.2, 0.25) is 0 Å². The van der Waals surface area contributed by atoms with E-state index < -0.39 is 17.7 Å². The first-order valence-corrected chi connectivity index (χ1v) is 12.9. The van der Waals surface area contributed by atoms with Crippen molar-refractivity contribution >= 4 is 23.1 Å². The molecule has 7 heteroatoms. The van der Waals surface area contributed by atoms with Gasteiger partial charge in [-0.15, -0.1) is 0 Å². The molecule has 0 aliphatic carbocycles. The number of aliphatic hydroxyl groups is 1. The molecule has 38 heavy (non-hydrogen) atoms. The molecular weight excluding hydrogens is 482 g/mol. The number of ether oxygens (including phenoxy) is 3. The van der Waals surface area contributed by atoms with Crippen molar-refractivity contribution in [2.45, 2.75) is 33.2 Å². The van der Waals surface area contributed by atoms with Crippen LogP contribution in [0.5, 0.6) is 17.2 Å². The summed E-state index contributed by atoms with van der Waals surface area (Å²) in [5, 5.41) is 11.4. The summed E-state index contributed by atoms with van der Waals surface area (Å²) in [4.78, 5) is 28.3. The van der Waals surface area contributed by atoms with Gasteiger partial charge in [-0.1, -0.05) is 45.0 Å². The number of nitrogens with zero attached hydrogens (tertiary/aromatic N) is 1. The molecule has 0 radical (unpaired) electrons. The van der Waals surface area contributed by atoms with Gasteiger partial charge in [0.05, 0.1) is 18.2 Å². The zero-order valence-corrected chi connectivity index (χ0v) is 21.8. The summed E-state index contributed by atoms with van der Waals surface area (Å²) in [6.45, 7) is 7.60. The fourth-order valence-electron chi connectivity index (χ4n) is 4.66. The van der Waals surface area contributed by atoms with Gasteiger partial charge in [-0.05, 0) is 59.9 Å². The summed E-state index contributed by atoms with van der Waals surface area (Å²) in [5.74, 6) is 0.431. The monoisotopic (exact) mass is 513 g/mol. The highest BCUT2D eigenvalue weighted by molar-refractivity contribution is 6.51. The van der Waals surface area contributed by atoms with Crippen molar-refractivity contribution in [1.82, 2.24) is 0 Å². The Bertz CT molecular complexity index is 1370. The number of rotatable bonds is 7. The van der Waals surface area contributed by atoms with Gasteiger partial charge in [0, 0.05) is 17.3 Å². The van der Waals surface area contributed by atoms with Gasteiger partial charge >= 0.3 is 0 Å². The number of hydrogen-bond acceptors (Lipinski definition) is 6. The third-order valence-corrected chi connectivity index (χ3v) is 6.66. The first-order valence-electron chi connectivity index (χ1n) is 12.9. The van der Waals surface area contributed by atoms with Crippen molar-refractivity contribution in [1.29, 1.82) is 0 Å². The average molecular weight is 514 g/mol. The number of anilines is 1. The molecule has 1 amide bonds. The number of Topliss-reactive ketones (excluding diaryl/α,β-unsaturated/α-hetero) is 1. The number of aliphatic hydroxyl groups excluding tert-OH is 1. The minimum atomic E-state index is -0.819. The fourth-order valence-corrected chi connectivity index (χ4v) is 4.66. The highest BCUT2D eigenvalue weighted by atomic mass is 16.6. The third-order valence-electron chi connectivity index (χ3n) is 6.66. The average Bonchev–Trinajstić information content (AvgIpc) is 3.21. The van der Waals surface area contributed by atoms with Crippen LogP contribution in [0, 0.1) is 5.92 Å². The van der Waals surface area contributed by atoms with E-state index >= 15 is 0 Å². The SMILES string of the molecule is CCc1ccc(C2/C(=C(\O)c3ccc(OCC(C)C)cc3)C(=O)C(=O)N2c2ccc3c(c2)OCCO3)cc1. The molecule has 3 aromatic carbocycles. The second kappa shape index (κ2) is 10.6. The molecule has 196 valence electrons. The van der Waals surface area contributed by atoms with E-state index in [-0.39, 0.29) is 11.3 Å². The van der Waals surface area contributed by atoms with E-state index in [4.69, 9.17) is 14.2 Å².